The van der Waals surface area contributed by atoms with E-state index in [0.29, 0.717) is 31.8 Å². The monoisotopic (exact) mass is 223 g/mol. The average molecular weight is 223 g/mol. The Bertz CT molecular complexity index is 342. The van der Waals surface area contributed by atoms with E-state index in [0.717, 1.165) is 0 Å². The number of carbonyl (C=O) groups excluding carboxylic acids is 1. The molecule has 0 bridgehead atoms. The molecule has 2 saturated heterocycles. The van der Waals surface area contributed by atoms with Gasteiger partial charge in [0.2, 0.25) is 0 Å². The van der Waals surface area contributed by atoms with Gasteiger partial charge in [0.25, 0.3) is 0 Å². The van der Waals surface area contributed by atoms with Crippen LogP contribution in [0.1, 0.15) is 19.8 Å². The van der Waals surface area contributed by atoms with Gasteiger partial charge >= 0.3 is 6.03 Å². The topological polar surface area (TPSA) is 65.4 Å². The number of ether oxygens (including phenoxy) is 1. The number of amidine groups is 1. The lowest BCUT2D eigenvalue weighted by Crippen LogP contribution is -2.54. The van der Waals surface area contributed by atoms with Crippen LogP contribution in [0.25, 0.3) is 0 Å². The molecular weight excluding hydrogens is 206 g/mol. The number of hydrogen-bond donors (Lipinski definition) is 2. The number of nitrogens with one attached hydrogen (secondary N) is 2. The molecule has 0 aromatic heterocycles. The van der Waals surface area contributed by atoms with Crippen molar-refractivity contribution in [3.05, 3.63) is 12.7 Å². The molecule has 0 aliphatic carbocycles. The molecule has 2 heterocycles. The van der Waals surface area contributed by atoms with Crippen molar-refractivity contribution in [3.63, 3.8) is 0 Å². The van der Waals surface area contributed by atoms with Gasteiger partial charge in [-0.1, -0.05) is 6.08 Å². The third kappa shape index (κ3) is 1.51. The lowest BCUT2D eigenvalue weighted by molar-refractivity contribution is -0.0207. The standard InChI is InChI=1S/C11H17N3O2/c1-3-5-14-10(15)13-9(12)11(14)4-6-16-8(2)7-11/h3,8H,1,4-7H2,2H3,(H2,12,13,15). The molecule has 2 rings (SSSR count). The average Bonchev–Trinajstić information content (AvgIpc) is 2.44. The van der Waals surface area contributed by atoms with Crippen LogP contribution in [0.4, 0.5) is 4.79 Å². The lowest BCUT2D eigenvalue weighted by Gasteiger charge is -2.41. The van der Waals surface area contributed by atoms with Gasteiger partial charge < -0.3 is 9.64 Å². The van der Waals surface area contributed by atoms with E-state index in [1.807, 2.05) is 6.92 Å². The summed E-state index contributed by atoms with van der Waals surface area (Å²) in [6, 6.07) is -0.195. The Kier molecular flexibility index (Phi) is 2.71. The minimum absolute atomic E-state index is 0.0779. The number of urea groups is 1. The van der Waals surface area contributed by atoms with E-state index < -0.39 is 5.54 Å². The van der Waals surface area contributed by atoms with Crippen LogP contribution in [0, 0.1) is 5.41 Å². The summed E-state index contributed by atoms with van der Waals surface area (Å²) in [6.45, 7) is 6.70. The molecule has 0 saturated carbocycles. The first-order chi connectivity index (χ1) is 7.60. The number of nitrogens with zero attached hydrogens (tertiary/aromatic N) is 1. The van der Waals surface area contributed by atoms with E-state index in [-0.39, 0.29) is 12.1 Å². The van der Waals surface area contributed by atoms with Gasteiger partial charge in [0.15, 0.2) is 0 Å². The second kappa shape index (κ2) is 3.90. The zero-order chi connectivity index (χ0) is 11.8. The molecule has 2 fully saturated rings. The second-order valence-corrected chi connectivity index (χ2v) is 4.37. The SMILES string of the molecule is C=CCN1C(=O)NC(=N)C12CCOC(C)C2. The summed E-state index contributed by atoms with van der Waals surface area (Å²) >= 11 is 0. The van der Waals surface area contributed by atoms with E-state index in [2.05, 4.69) is 11.9 Å². The molecular formula is C11H17N3O2. The van der Waals surface area contributed by atoms with Crippen LogP contribution >= 0.6 is 0 Å². The maximum atomic E-state index is 11.7. The maximum Gasteiger partial charge on any atom is 0.323 e. The van der Waals surface area contributed by atoms with E-state index in [4.69, 9.17) is 10.1 Å². The van der Waals surface area contributed by atoms with Gasteiger partial charge in [0.05, 0.1) is 6.10 Å². The van der Waals surface area contributed by atoms with Gasteiger partial charge in [-0.05, 0) is 6.92 Å². The molecule has 2 amide bonds. The Hall–Kier alpha value is -1.36. The molecule has 1 spiro atoms. The molecule has 88 valence electrons. The molecule has 2 N–H and O–H groups in total. The van der Waals surface area contributed by atoms with Crippen molar-refractivity contribution >= 4 is 11.9 Å². The normalized spacial score (nSPS) is 34.3. The number of rotatable bonds is 2. The van der Waals surface area contributed by atoms with E-state index in [1.54, 1.807) is 11.0 Å². The molecule has 0 radical (unpaired) electrons. The third-order valence-electron chi connectivity index (χ3n) is 3.31. The predicted molar refractivity (Wildman–Crippen MR) is 60.5 cm³/mol. The minimum atomic E-state index is -0.497. The number of amides is 2. The van der Waals surface area contributed by atoms with E-state index >= 15 is 0 Å². The lowest BCUT2D eigenvalue weighted by atomic mass is 9.85. The molecule has 2 aliphatic heterocycles. The van der Waals surface area contributed by atoms with Crippen molar-refractivity contribution < 1.29 is 9.53 Å². The smallest absolute Gasteiger partial charge is 0.323 e. The van der Waals surface area contributed by atoms with Crippen LogP contribution in [-0.4, -0.2) is 41.6 Å². The molecule has 0 aromatic carbocycles. The van der Waals surface area contributed by atoms with Crippen molar-refractivity contribution in [1.82, 2.24) is 10.2 Å². The fraction of sp³-hybridized carbons (Fsp3) is 0.636. The van der Waals surface area contributed by atoms with Crippen LogP contribution < -0.4 is 5.32 Å². The molecule has 2 aliphatic rings. The van der Waals surface area contributed by atoms with Gasteiger partial charge in [-0.25, -0.2) is 4.79 Å². The van der Waals surface area contributed by atoms with Crippen molar-refractivity contribution in [1.29, 1.82) is 5.41 Å². The van der Waals surface area contributed by atoms with Crippen molar-refractivity contribution in [2.45, 2.75) is 31.4 Å². The molecule has 2 unspecified atom stereocenters. The summed E-state index contributed by atoms with van der Waals surface area (Å²) in [6.07, 6.45) is 3.13. The summed E-state index contributed by atoms with van der Waals surface area (Å²) in [4.78, 5) is 13.4. The van der Waals surface area contributed by atoms with Crippen LogP contribution in [0.3, 0.4) is 0 Å². The van der Waals surface area contributed by atoms with Crippen molar-refractivity contribution in [2.24, 2.45) is 0 Å². The third-order valence-corrected chi connectivity index (χ3v) is 3.31. The van der Waals surface area contributed by atoms with Gasteiger partial charge in [0, 0.05) is 26.0 Å². The summed E-state index contributed by atoms with van der Waals surface area (Å²) in [5, 5.41) is 10.6. The fourth-order valence-electron chi connectivity index (χ4n) is 2.54. The van der Waals surface area contributed by atoms with Gasteiger partial charge in [0.1, 0.15) is 11.4 Å². The Morgan fingerprint density at radius 3 is 3.19 bits per heavy atom. The first-order valence-electron chi connectivity index (χ1n) is 5.50. The highest BCUT2D eigenvalue weighted by Crippen LogP contribution is 2.34. The fourth-order valence-corrected chi connectivity index (χ4v) is 2.54. The second-order valence-electron chi connectivity index (χ2n) is 4.37. The van der Waals surface area contributed by atoms with Crippen molar-refractivity contribution in [3.8, 4) is 0 Å². The van der Waals surface area contributed by atoms with Gasteiger partial charge in [-0.2, -0.15) is 0 Å². The van der Waals surface area contributed by atoms with Gasteiger partial charge in [-0.15, -0.1) is 6.58 Å². The summed E-state index contributed by atoms with van der Waals surface area (Å²) < 4.78 is 5.49. The largest absolute Gasteiger partial charge is 0.378 e. The Morgan fingerprint density at radius 2 is 2.56 bits per heavy atom. The van der Waals surface area contributed by atoms with Gasteiger partial charge in [-0.3, -0.25) is 10.7 Å². The zero-order valence-electron chi connectivity index (χ0n) is 9.45. The maximum absolute atomic E-state index is 11.7. The first kappa shape index (κ1) is 11.1. The number of hydrogen-bond acceptors (Lipinski definition) is 3. The quantitative estimate of drug-likeness (QED) is 0.689. The summed E-state index contributed by atoms with van der Waals surface area (Å²) in [7, 11) is 0. The minimum Gasteiger partial charge on any atom is -0.378 e. The molecule has 16 heavy (non-hydrogen) atoms. The Labute approximate surface area is 95.0 Å². The van der Waals surface area contributed by atoms with Crippen LogP contribution in [0.5, 0.6) is 0 Å². The van der Waals surface area contributed by atoms with E-state index in [1.165, 1.54) is 0 Å². The Morgan fingerprint density at radius 1 is 1.81 bits per heavy atom. The summed E-state index contributed by atoms with van der Waals surface area (Å²) in [5.41, 5.74) is -0.497. The van der Waals surface area contributed by atoms with Crippen LogP contribution in [-0.2, 0) is 4.74 Å². The molecule has 2 atom stereocenters. The summed E-state index contributed by atoms with van der Waals surface area (Å²) in [5.74, 6) is 0.300. The van der Waals surface area contributed by atoms with Crippen molar-refractivity contribution in [2.75, 3.05) is 13.2 Å². The predicted octanol–water partition coefficient (Wildman–Crippen LogP) is 1.11. The molecule has 0 aromatic rings. The molecule has 5 nitrogen and oxygen atoms in total. The highest BCUT2D eigenvalue weighted by molar-refractivity contribution is 6.08. The highest BCUT2D eigenvalue weighted by atomic mass is 16.5. The Balaban J connectivity index is 2.30. The van der Waals surface area contributed by atoms with Crippen LogP contribution in [0.15, 0.2) is 12.7 Å². The zero-order valence-corrected chi connectivity index (χ0v) is 9.45. The van der Waals surface area contributed by atoms with E-state index in [9.17, 15) is 4.79 Å². The highest BCUT2D eigenvalue weighted by Gasteiger charge is 2.51. The van der Waals surface area contributed by atoms with Crippen LogP contribution in [0.2, 0.25) is 0 Å². The molecule has 5 heteroatoms. The first-order valence-corrected chi connectivity index (χ1v) is 5.50. The number of carbonyl (C=O) groups is 1.